The molecule has 0 aliphatic heterocycles. The second-order valence-corrected chi connectivity index (χ2v) is 6.63. The van der Waals surface area contributed by atoms with Gasteiger partial charge in [-0.15, -0.1) is 0 Å². The van der Waals surface area contributed by atoms with Gasteiger partial charge in [0, 0.05) is 12.9 Å². The van der Waals surface area contributed by atoms with E-state index in [-0.39, 0.29) is 0 Å². The number of methoxy groups -OCH3 is 1. The van der Waals surface area contributed by atoms with Crippen LogP contribution in [0.25, 0.3) is 0 Å². The summed E-state index contributed by atoms with van der Waals surface area (Å²) in [6, 6.07) is 14.5. The van der Waals surface area contributed by atoms with Crippen molar-refractivity contribution in [1.82, 2.24) is 0 Å². The Morgan fingerprint density at radius 3 is 2.47 bits per heavy atom. The van der Waals surface area contributed by atoms with E-state index >= 15 is 0 Å². The Morgan fingerprint density at radius 1 is 1.12 bits per heavy atom. The summed E-state index contributed by atoms with van der Waals surface area (Å²) in [5.74, 6) is 0.921. The first kappa shape index (κ1) is 13.2. The lowest BCUT2D eigenvalue weighted by Crippen LogP contribution is -1.87. The summed E-state index contributed by atoms with van der Waals surface area (Å²) in [4.78, 5) is 2.34. The Hall–Kier alpha value is -0.200. The minimum Gasteiger partial charge on any atom is -0.496 e. The van der Waals surface area contributed by atoms with Crippen molar-refractivity contribution in [2.75, 3.05) is 7.11 Å². The highest BCUT2D eigenvalue weighted by molar-refractivity contribution is 14.1. The molecule has 2 aromatic rings. The summed E-state index contributed by atoms with van der Waals surface area (Å²) < 4.78 is 7.66. The molecule has 0 atom stereocenters. The first-order chi connectivity index (χ1) is 8.19. The average molecular weight is 421 g/mol. The largest absolute Gasteiger partial charge is 0.496 e. The molecule has 0 heterocycles. The highest BCUT2D eigenvalue weighted by atomic mass is 127. The average Bonchev–Trinajstić information content (AvgIpc) is 2.34. The number of hydrogen-bond acceptors (Lipinski definition) is 2. The van der Waals surface area contributed by atoms with Crippen LogP contribution < -0.4 is 4.74 Å². The lowest BCUT2D eigenvalue weighted by Gasteiger charge is -2.08. The Balaban J connectivity index is 2.26. The van der Waals surface area contributed by atoms with Gasteiger partial charge in [0.05, 0.1) is 12.0 Å². The van der Waals surface area contributed by atoms with E-state index in [0.717, 1.165) is 15.1 Å². The molecule has 0 aromatic heterocycles. The van der Waals surface area contributed by atoms with Crippen LogP contribution in [-0.2, 0) is 0 Å². The highest BCUT2D eigenvalue weighted by Crippen LogP contribution is 2.36. The molecule has 0 radical (unpaired) electrons. The van der Waals surface area contributed by atoms with Crippen molar-refractivity contribution >= 4 is 50.3 Å². The van der Waals surface area contributed by atoms with E-state index in [1.807, 2.05) is 18.2 Å². The third kappa shape index (κ3) is 3.63. The van der Waals surface area contributed by atoms with Crippen molar-refractivity contribution < 1.29 is 4.74 Å². The predicted octanol–water partition coefficient (Wildman–Crippen LogP) is 5.21. The van der Waals surface area contributed by atoms with E-state index in [1.54, 1.807) is 18.9 Å². The molecule has 1 nitrogen and oxygen atoms in total. The van der Waals surface area contributed by atoms with Crippen molar-refractivity contribution in [1.29, 1.82) is 0 Å². The summed E-state index contributed by atoms with van der Waals surface area (Å²) in [7, 11) is 1.71. The van der Waals surface area contributed by atoms with Crippen molar-refractivity contribution in [2.45, 2.75) is 9.79 Å². The van der Waals surface area contributed by atoms with Crippen LogP contribution in [0.3, 0.4) is 0 Å². The van der Waals surface area contributed by atoms with E-state index in [1.165, 1.54) is 8.47 Å². The SMILES string of the molecule is COc1cc(I)ccc1Sc1ccc(Br)cc1. The van der Waals surface area contributed by atoms with Crippen LogP contribution in [0.5, 0.6) is 5.75 Å². The zero-order chi connectivity index (χ0) is 12.3. The fourth-order valence-corrected chi connectivity index (χ4v) is 2.99. The fourth-order valence-electron chi connectivity index (χ4n) is 1.36. The van der Waals surface area contributed by atoms with E-state index in [9.17, 15) is 0 Å². The monoisotopic (exact) mass is 420 g/mol. The first-order valence-corrected chi connectivity index (χ1v) is 7.65. The smallest absolute Gasteiger partial charge is 0.133 e. The lowest BCUT2D eigenvalue weighted by molar-refractivity contribution is 0.404. The molecule has 0 saturated heterocycles. The molecule has 2 aromatic carbocycles. The topological polar surface area (TPSA) is 9.23 Å². The van der Waals surface area contributed by atoms with Gasteiger partial charge in [0.1, 0.15) is 5.75 Å². The van der Waals surface area contributed by atoms with Crippen molar-refractivity contribution in [3.05, 3.63) is 50.5 Å². The molecule has 88 valence electrons. The van der Waals surface area contributed by atoms with E-state index in [4.69, 9.17) is 4.74 Å². The molecule has 0 fully saturated rings. The Labute approximate surface area is 127 Å². The minimum atomic E-state index is 0.921. The van der Waals surface area contributed by atoms with Crippen LogP contribution in [0, 0.1) is 3.57 Å². The Kier molecular flexibility index (Phi) is 4.76. The number of ether oxygens (including phenoxy) is 1. The van der Waals surface area contributed by atoms with Gasteiger partial charge in [-0.2, -0.15) is 0 Å². The molecule has 2 rings (SSSR count). The third-order valence-corrected chi connectivity index (χ3v) is 4.43. The molecule has 0 unspecified atom stereocenters. The predicted molar refractivity (Wildman–Crippen MR) is 84.0 cm³/mol. The second kappa shape index (κ2) is 6.11. The van der Waals surface area contributed by atoms with Crippen LogP contribution in [0.4, 0.5) is 0 Å². The maximum absolute atomic E-state index is 5.39. The van der Waals surface area contributed by atoms with E-state index in [0.29, 0.717) is 0 Å². The normalized spacial score (nSPS) is 10.3. The molecule has 0 aliphatic rings. The zero-order valence-electron chi connectivity index (χ0n) is 9.11. The van der Waals surface area contributed by atoms with Crippen LogP contribution >= 0.6 is 50.3 Å². The number of hydrogen-bond donors (Lipinski definition) is 0. The van der Waals surface area contributed by atoms with Gasteiger partial charge >= 0.3 is 0 Å². The van der Waals surface area contributed by atoms with Crippen molar-refractivity contribution in [2.24, 2.45) is 0 Å². The van der Waals surface area contributed by atoms with Gasteiger partial charge in [0.15, 0.2) is 0 Å². The summed E-state index contributed by atoms with van der Waals surface area (Å²) in [5, 5.41) is 0. The summed E-state index contributed by atoms with van der Waals surface area (Å²) in [6.45, 7) is 0. The summed E-state index contributed by atoms with van der Waals surface area (Å²) >= 11 is 7.43. The molecule has 0 saturated carbocycles. The summed E-state index contributed by atoms with van der Waals surface area (Å²) in [5.41, 5.74) is 0. The quantitative estimate of drug-likeness (QED) is 0.630. The number of rotatable bonds is 3. The van der Waals surface area contributed by atoms with Crippen LogP contribution in [-0.4, -0.2) is 7.11 Å². The van der Waals surface area contributed by atoms with Crippen LogP contribution in [0.1, 0.15) is 0 Å². The zero-order valence-corrected chi connectivity index (χ0v) is 13.7. The lowest BCUT2D eigenvalue weighted by atomic mass is 10.3. The van der Waals surface area contributed by atoms with Gasteiger partial charge in [0.2, 0.25) is 0 Å². The molecule has 0 spiro atoms. The molecular formula is C13H10BrIOS. The highest BCUT2D eigenvalue weighted by Gasteiger charge is 2.05. The molecule has 0 bridgehead atoms. The van der Waals surface area contributed by atoms with Gasteiger partial charge in [-0.25, -0.2) is 0 Å². The maximum Gasteiger partial charge on any atom is 0.133 e. The Bertz CT molecular complexity index is 513. The third-order valence-electron chi connectivity index (χ3n) is 2.17. The van der Waals surface area contributed by atoms with Gasteiger partial charge in [-0.3, -0.25) is 0 Å². The fraction of sp³-hybridized carbons (Fsp3) is 0.0769. The number of halogens is 2. The van der Waals surface area contributed by atoms with Gasteiger partial charge in [-0.1, -0.05) is 27.7 Å². The molecule has 0 aliphatic carbocycles. The molecule has 0 amide bonds. The van der Waals surface area contributed by atoms with Crippen LogP contribution in [0.2, 0.25) is 0 Å². The standard InChI is InChI=1S/C13H10BrIOS/c1-16-12-8-10(15)4-7-13(12)17-11-5-2-9(14)3-6-11/h2-8H,1H3. The van der Waals surface area contributed by atoms with E-state index < -0.39 is 0 Å². The first-order valence-electron chi connectivity index (χ1n) is 4.96. The van der Waals surface area contributed by atoms with E-state index in [2.05, 4.69) is 62.8 Å². The second-order valence-electron chi connectivity index (χ2n) is 3.35. The summed E-state index contributed by atoms with van der Waals surface area (Å²) in [6.07, 6.45) is 0. The van der Waals surface area contributed by atoms with Crippen LogP contribution in [0.15, 0.2) is 56.7 Å². The molecular weight excluding hydrogens is 411 g/mol. The molecule has 4 heteroatoms. The number of benzene rings is 2. The molecule has 0 N–H and O–H groups in total. The Morgan fingerprint density at radius 2 is 1.82 bits per heavy atom. The van der Waals surface area contributed by atoms with Crippen molar-refractivity contribution in [3.8, 4) is 5.75 Å². The molecule has 17 heavy (non-hydrogen) atoms. The van der Waals surface area contributed by atoms with Crippen molar-refractivity contribution in [3.63, 3.8) is 0 Å². The van der Waals surface area contributed by atoms with Gasteiger partial charge in [-0.05, 0) is 65.1 Å². The van der Waals surface area contributed by atoms with Gasteiger partial charge in [0.25, 0.3) is 0 Å². The maximum atomic E-state index is 5.39. The minimum absolute atomic E-state index is 0.921. The van der Waals surface area contributed by atoms with Gasteiger partial charge < -0.3 is 4.74 Å².